The highest BCUT2D eigenvalue weighted by Crippen LogP contribution is 2.35. The van der Waals surface area contributed by atoms with E-state index in [0.717, 1.165) is 37.7 Å². The molecule has 0 amide bonds. The van der Waals surface area contributed by atoms with E-state index in [2.05, 4.69) is 12.2 Å². The van der Waals surface area contributed by atoms with E-state index in [4.69, 9.17) is 0 Å². The van der Waals surface area contributed by atoms with E-state index in [1.54, 1.807) is 6.07 Å². The average Bonchev–Trinajstić information content (AvgIpc) is 2.48. The number of sulfone groups is 1. The van der Waals surface area contributed by atoms with Crippen molar-refractivity contribution in [2.45, 2.75) is 62.1 Å². The minimum atomic E-state index is -3.27. The zero-order chi connectivity index (χ0) is 15.5. The molecule has 1 N–H and O–H groups in total. The van der Waals surface area contributed by atoms with Gasteiger partial charge >= 0.3 is 0 Å². The Hall–Kier alpha value is -0.870. The molecule has 1 fully saturated rings. The van der Waals surface area contributed by atoms with Gasteiger partial charge in [-0.1, -0.05) is 38.0 Å². The summed E-state index contributed by atoms with van der Waals surface area (Å²) in [5.74, 6) is 0.545. The Balaban J connectivity index is 2.33. The molecule has 3 nitrogen and oxygen atoms in total. The zero-order valence-corrected chi connectivity index (χ0v) is 14.1. The standard InChI is InChI=1S/C17H27NO2S/c1-4-7-14-10-11-15(18-3)17(12-14)21(19,20)16-9-6-5-8-13(16)2/h5-6,8-9,14-15,17-18H,4,7,10-12H2,1-3H3. The molecule has 0 aromatic heterocycles. The van der Waals surface area contributed by atoms with E-state index >= 15 is 0 Å². The Morgan fingerprint density at radius 1 is 1.24 bits per heavy atom. The van der Waals surface area contributed by atoms with Gasteiger partial charge in [0.1, 0.15) is 0 Å². The van der Waals surface area contributed by atoms with Crippen molar-refractivity contribution in [2.24, 2.45) is 5.92 Å². The second-order valence-corrected chi connectivity index (χ2v) is 8.35. The molecule has 0 radical (unpaired) electrons. The molecule has 118 valence electrons. The lowest BCUT2D eigenvalue weighted by molar-refractivity contribution is 0.288. The molecule has 3 unspecified atom stereocenters. The lowest BCUT2D eigenvalue weighted by atomic mass is 9.83. The molecule has 1 aliphatic carbocycles. The highest BCUT2D eigenvalue weighted by Gasteiger charge is 2.39. The minimum Gasteiger partial charge on any atom is -0.316 e. The number of benzene rings is 1. The van der Waals surface area contributed by atoms with Gasteiger partial charge in [0.2, 0.25) is 0 Å². The molecular weight excluding hydrogens is 282 g/mol. The van der Waals surface area contributed by atoms with Crippen molar-refractivity contribution in [3.63, 3.8) is 0 Å². The molecule has 0 saturated heterocycles. The van der Waals surface area contributed by atoms with Gasteiger partial charge in [-0.15, -0.1) is 0 Å². The van der Waals surface area contributed by atoms with E-state index in [1.807, 2.05) is 32.2 Å². The average molecular weight is 309 g/mol. The van der Waals surface area contributed by atoms with Crippen LogP contribution >= 0.6 is 0 Å². The summed E-state index contributed by atoms with van der Waals surface area (Å²) in [7, 11) is -1.39. The Bertz CT molecular complexity index is 568. The van der Waals surface area contributed by atoms with Crippen LogP contribution in [0, 0.1) is 12.8 Å². The maximum Gasteiger partial charge on any atom is 0.183 e. The first-order chi connectivity index (χ1) is 10.0. The van der Waals surface area contributed by atoms with Crippen molar-refractivity contribution in [1.82, 2.24) is 5.32 Å². The van der Waals surface area contributed by atoms with Crippen molar-refractivity contribution >= 4 is 9.84 Å². The van der Waals surface area contributed by atoms with Crippen LogP contribution in [0.1, 0.15) is 44.6 Å². The van der Waals surface area contributed by atoms with Crippen LogP contribution in [0.3, 0.4) is 0 Å². The van der Waals surface area contributed by atoms with Crippen LogP contribution in [0.2, 0.25) is 0 Å². The summed E-state index contributed by atoms with van der Waals surface area (Å²) < 4.78 is 26.2. The number of aryl methyl sites for hydroxylation is 1. The smallest absolute Gasteiger partial charge is 0.183 e. The van der Waals surface area contributed by atoms with E-state index in [-0.39, 0.29) is 11.3 Å². The highest BCUT2D eigenvalue weighted by molar-refractivity contribution is 7.92. The van der Waals surface area contributed by atoms with Gasteiger partial charge in [-0.3, -0.25) is 0 Å². The Labute approximate surface area is 129 Å². The fourth-order valence-corrected chi connectivity index (χ4v) is 5.94. The third-order valence-corrected chi connectivity index (χ3v) is 7.16. The molecule has 0 heterocycles. The first kappa shape index (κ1) is 16.5. The van der Waals surface area contributed by atoms with Gasteiger partial charge in [-0.25, -0.2) is 8.42 Å². The lowest BCUT2D eigenvalue weighted by Crippen LogP contribution is -2.47. The molecule has 0 spiro atoms. The van der Waals surface area contributed by atoms with Crippen molar-refractivity contribution in [3.05, 3.63) is 29.8 Å². The molecule has 1 aliphatic rings. The van der Waals surface area contributed by atoms with Crippen molar-refractivity contribution in [3.8, 4) is 0 Å². The summed E-state index contributed by atoms with van der Waals surface area (Å²) in [6, 6.07) is 7.42. The topological polar surface area (TPSA) is 46.2 Å². The van der Waals surface area contributed by atoms with Crippen LogP contribution in [0.4, 0.5) is 0 Å². The maximum atomic E-state index is 13.1. The molecule has 1 aromatic rings. The van der Waals surface area contributed by atoms with Gasteiger partial charge in [0.25, 0.3) is 0 Å². The molecule has 1 aromatic carbocycles. The van der Waals surface area contributed by atoms with E-state index in [9.17, 15) is 8.42 Å². The van der Waals surface area contributed by atoms with Crippen molar-refractivity contribution in [1.29, 1.82) is 0 Å². The molecule has 3 atom stereocenters. The van der Waals surface area contributed by atoms with Gasteiger partial charge in [0.15, 0.2) is 9.84 Å². The second kappa shape index (κ2) is 6.93. The Morgan fingerprint density at radius 2 is 1.95 bits per heavy atom. The summed E-state index contributed by atoms with van der Waals surface area (Å²) in [6.07, 6.45) is 5.15. The Kier molecular flexibility index (Phi) is 5.44. The van der Waals surface area contributed by atoms with Crippen LogP contribution in [0.15, 0.2) is 29.2 Å². The predicted molar refractivity (Wildman–Crippen MR) is 87.2 cm³/mol. The lowest BCUT2D eigenvalue weighted by Gasteiger charge is -2.36. The summed E-state index contributed by atoms with van der Waals surface area (Å²) >= 11 is 0. The van der Waals surface area contributed by atoms with Crippen molar-refractivity contribution < 1.29 is 8.42 Å². The third kappa shape index (κ3) is 3.49. The van der Waals surface area contributed by atoms with Crippen LogP contribution in [0.5, 0.6) is 0 Å². The SMILES string of the molecule is CCCC1CCC(NC)C(S(=O)(=O)c2ccccc2C)C1. The number of nitrogens with one attached hydrogen (secondary N) is 1. The molecular formula is C17H27NO2S. The summed E-state index contributed by atoms with van der Waals surface area (Å²) in [6.45, 7) is 4.06. The van der Waals surface area contributed by atoms with Gasteiger partial charge in [-0.05, 0) is 50.8 Å². The van der Waals surface area contributed by atoms with Crippen LogP contribution in [0.25, 0.3) is 0 Å². The van der Waals surface area contributed by atoms with Gasteiger partial charge in [0.05, 0.1) is 10.1 Å². The zero-order valence-electron chi connectivity index (χ0n) is 13.3. The molecule has 0 aliphatic heterocycles. The van der Waals surface area contributed by atoms with Crippen LogP contribution < -0.4 is 5.32 Å². The molecule has 2 rings (SSSR count). The summed E-state index contributed by atoms with van der Waals surface area (Å²) in [5, 5.41) is 2.94. The predicted octanol–water partition coefficient (Wildman–Crippen LogP) is 3.33. The molecule has 21 heavy (non-hydrogen) atoms. The Morgan fingerprint density at radius 3 is 2.57 bits per heavy atom. The maximum absolute atomic E-state index is 13.1. The van der Waals surface area contributed by atoms with E-state index < -0.39 is 9.84 Å². The highest BCUT2D eigenvalue weighted by atomic mass is 32.2. The largest absolute Gasteiger partial charge is 0.316 e. The normalized spacial score (nSPS) is 26.7. The molecule has 4 heteroatoms. The van der Waals surface area contributed by atoms with Crippen LogP contribution in [-0.4, -0.2) is 26.8 Å². The fourth-order valence-electron chi connectivity index (χ4n) is 3.59. The number of hydrogen-bond donors (Lipinski definition) is 1. The van der Waals surface area contributed by atoms with Crippen molar-refractivity contribution in [2.75, 3.05) is 7.05 Å². The third-order valence-electron chi connectivity index (χ3n) is 4.77. The fraction of sp³-hybridized carbons (Fsp3) is 0.647. The van der Waals surface area contributed by atoms with Gasteiger partial charge in [-0.2, -0.15) is 0 Å². The monoisotopic (exact) mass is 309 g/mol. The molecule has 0 bridgehead atoms. The first-order valence-electron chi connectivity index (χ1n) is 7.97. The summed E-state index contributed by atoms with van der Waals surface area (Å²) in [4.78, 5) is 0.507. The number of hydrogen-bond acceptors (Lipinski definition) is 3. The van der Waals surface area contributed by atoms with E-state index in [0.29, 0.717) is 10.8 Å². The first-order valence-corrected chi connectivity index (χ1v) is 9.52. The number of rotatable bonds is 5. The molecule has 1 saturated carbocycles. The quantitative estimate of drug-likeness (QED) is 0.907. The van der Waals surface area contributed by atoms with Gasteiger partial charge in [0, 0.05) is 6.04 Å². The minimum absolute atomic E-state index is 0.0720. The second-order valence-electron chi connectivity index (χ2n) is 6.21. The van der Waals surface area contributed by atoms with E-state index in [1.165, 1.54) is 0 Å². The summed E-state index contributed by atoms with van der Waals surface area (Å²) in [5.41, 5.74) is 0.852. The van der Waals surface area contributed by atoms with Gasteiger partial charge < -0.3 is 5.32 Å². The van der Waals surface area contributed by atoms with Crippen LogP contribution in [-0.2, 0) is 9.84 Å².